The van der Waals surface area contributed by atoms with Crippen molar-refractivity contribution >= 4 is 12.1 Å². The highest BCUT2D eigenvalue weighted by molar-refractivity contribution is 5.77. The fourth-order valence-corrected chi connectivity index (χ4v) is 2.31. The second-order valence-corrected chi connectivity index (χ2v) is 5.32. The lowest BCUT2D eigenvalue weighted by Gasteiger charge is -2.38. The lowest BCUT2D eigenvalue weighted by atomic mass is 9.95. The third-order valence-corrected chi connectivity index (χ3v) is 3.55. The highest BCUT2D eigenvalue weighted by atomic mass is 19.4. The maximum atomic E-state index is 13.0. The maximum Gasteiger partial charge on any atom is 0.438 e. The van der Waals surface area contributed by atoms with E-state index < -0.39 is 53.2 Å². The molecule has 1 saturated heterocycles. The van der Waals surface area contributed by atoms with Crippen LogP contribution in [0.2, 0.25) is 0 Å². The molecule has 0 saturated carbocycles. The number of ether oxygens (including phenoxy) is 1. The summed E-state index contributed by atoms with van der Waals surface area (Å²) in [5, 5.41) is 9.17. The molecule has 0 bridgehead atoms. The van der Waals surface area contributed by atoms with Crippen molar-refractivity contribution in [2.75, 3.05) is 7.11 Å². The molecular weight excluding hydrogens is 390 g/mol. The van der Waals surface area contributed by atoms with Gasteiger partial charge in [0, 0.05) is 0 Å². The van der Waals surface area contributed by atoms with Crippen LogP contribution in [0.4, 0.5) is 31.1 Å². The molecule has 2 atom stereocenters. The molecule has 2 rings (SSSR count). The van der Waals surface area contributed by atoms with E-state index in [1.54, 1.807) is 0 Å². The van der Waals surface area contributed by atoms with Gasteiger partial charge in [-0.2, -0.15) is 31.5 Å². The van der Waals surface area contributed by atoms with Gasteiger partial charge in [-0.05, 0) is 23.8 Å². The van der Waals surface area contributed by atoms with E-state index in [1.165, 1.54) is 0 Å². The smallest absolute Gasteiger partial charge is 0.438 e. The number of carbonyl (C=O) groups is 2. The molecule has 1 fully saturated rings. The molecule has 1 aromatic rings. The first-order valence-corrected chi connectivity index (χ1v) is 7.02. The number of carbonyl (C=O) groups excluding carboxylic acids is 1. The summed E-state index contributed by atoms with van der Waals surface area (Å²) in [6.45, 7) is 0. The second-order valence-electron chi connectivity index (χ2n) is 5.32. The van der Waals surface area contributed by atoms with Gasteiger partial charge in [0.15, 0.2) is 0 Å². The summed E-state index contributed by atoms with van der Waals surface area (Å²) in [6, 6.07) is -2.47. The Hall–Kier alpha value is -2.58. The van der Waals surface area contributed by atoms with Crippen molar-refractivity contribution in [3.63, 3.8) is 0 Å². The number of nitrogens with zero attached hydrogens (tertiary/aromatic N) is 1. The lowest BCUT2D eigenvalue weighted by molar-refractivity contribution is -0.148. The summed E-state index contributed by atoms with van der Waals surface area (Å²) in [5.41, 5.74) is 2.42. The zero-order chi connectivity index (χ0) is 20.6. The number of hydrazine groups is 3. The third-order valence-electron chi connectivity index (χ3n) is 3.55. The standard InChI is InChI=1S/C13H12F6N4O4/c1-27-10(24)9-8(21-23(11(25)26)22-20-9)5-2-6(12(14,15)16)4-7(3-5)13(17,18)19/h2-4,8-9,20-22H,1H3,(H,25,26). The molecule has 150 valence electrons. The average molecular weight is 402 g/mol. The topological polar surface area (TPSA) is 103 Å². The van der Waals surface area contributed by atoms with Crippen LogP contribution in [0.1, 0.15) is 22.7 Å². The summed E-state index contributed by atoms with van der Waals surface area (Å²) in [5.74, 6) is -1.06. The Balaban J connectivity index is 2.58. The van der Waals surface area contributed by atoms with E-state index in [4.69, 9.17) is 5.11 Å². The Bertz CT molecular complexity index is 706. The summed E-state index contributed by atoms with van der Waals surface area (Å²) in [7, 11) is 0.942. The summed E-state index contributed by atoms with van der Waals surface area (Å²) >= 11 is 0. The number of esters is 1. The molecule has 0 aromatic heterocycles. The van der Waals surface area contributed by atoms with Gasteiger partial charge >= 0.3 is 24.4 Å². The number of alkyl halides is 6. The van der Waals surface area contributed by atoms with Gasteiger partial charge in [0.25, 0.3) is 0 Å². The minimum absolute atomic E-state index is 0.0832. The minimum atomic E-state index is -5.11. The molecule has 2 unspecified atom stereocenters. The van der Waals surface area contributed by atoms with Gasteiger partial charge in [0.2, 0.25) is 0 Å². The van der Waals surface area contributed by atoms with Crippen molar-refractivity contribution in [2.24, 2.45) is 0 Å². The van der Waals surface area contributed by atoms with Crippen molar-refractivity contribution in [2.45, 2.75) is 24.4 Å². The van der Waals surface area contributed by atoms with E-state index in [2.05, 4.69) is 15.6 Å². The first-order valence-electron chi connectivity index (χ1n) is 7.02. The molecule has 8 nitrogen and oxygen atoms in total. The van der Waals surface area contributed by atoms with Crippen LogP contribution >= 0.6 is 0 Å². The van der Waals surface area contributed by atoms with E-state index in [1.807, 2.05) is 5.53 Å². The van der Waals surface area contributed by atoms with Gasteiger partial charge in [0.05, 0.1) is 24.3 Å². The van der Waals surface area contributed by atoms with Crippen LogP contribution < -0.4 is 16.4 Å². The van der Waals surface area contributed by atoms with Crippen LogP contribution in [0, 0.1) is 0 Å². The van der Waals surface area contributed by atoms with Crippen LogP contribution in [-0.2, 0) is 21.9 Å². The quantitative estimate of drug-likeness (QED) is 0.442. The Kier molecular flexibility index (Phi) is 5.53. The van der Waals surface area contributed by atoms with Crippen molar-refractivity contribution in [1.82, 2.24) is 21.5 Å². The van der Waals surface area contributed by atoms with E-state index in [-0.39, 0.29) is 11.2 Å². The molecule has 1 heterocycles. The van der Waals surface area contributed by atoms with Crippen LogP contribution in [0.25, 0.3) is 0 Å². The number of nitrogens with one attached hydrogen (secondary N) is 3. The van der Waals surface area contributed by atoms with E-state index >= 15 is 0 Å². The van der Waals surface area contributed by atoms with E-state index in [0.717, 1.165) is 7.11 Å². The molecule has 1 aliphatic heterocycles. The zero-order valence-electron chi connectivity index (χ0n) is 13.3. The molecule has 1 aromatic carbocycles. The van der Waals surface area contributed by atoms with Crippen molar-refractivity contribution in [1.29, 1.82) is 0 Å². The number of hydrogen-bond donors (Lipinski definition) is 4. The number of rotatable bonds is 2. The van der Waals surface area contributed by atoms with Crippen molar-refractivity contribution in [3.05, 3.63) is 34.9 Å². The predicted octanol–water partition coefficient (Wildman–Crippen LogP) is 1.81. The second kappa shape index (κ2) is 7.21. The van der Waals surface area contributed by atoms with Crippen molar-refractivity contribution in [3.8, 4) is 0 Å². The molecular formula is C13H12F6N4O4. The van der Waals surface area contributed by atoms with Gasteiger partial charge in [-0.25, -0.2) is 15.6 Å². The number of hydrogen-bond acceptors (Lipinski definition) is 6. The van der Waals surface area contributed by atoms with Crippen LogP contribution in [0.15, 0.2) is 18.2 Å². The number of amides is 1. The Morgan fingerprint density at radius 2 is 1.59 bits per heavy atom. The Morgan fingerprint density at radius 3 is 2.00 bits per heavy atom. The Morgan fingerprint density at radius 1 is 1.07 bits per heavy atom. The average Bonchev–Trinajstić information content (AvgIpc) is 2.58. The molecule has 14 heteroatoms. The highest BCUT2D eigenvalue weighted by Gasteiger charge is 2.41. The van der Waals surface area contributed by atoms with E-state index in [0.29, 0.717) is 12.1 Å². The molecule has 1 aliphatic rings. The third kappa shape index (κ3) is 4.58. The Labute approximate surface area is 147 Å². The first-order chi connectivity index (χ1) is 12.3. The molecule has 4 N–H and O–H groups in total. The number of benzene rings is 1. The van der Waals surface area contributed by atoms with Gasteiger partial charge < -0.3 is 9.84 Å². The van der Waals surface area contributed by atoms with Gasteiger partial charge in [0.1, 0.15) is 6.04 Å². The molecule has 1 amide bonds. The monoisotopic (exact) mass is 402 g/mol. The number of halogens is 6. The van der Waals surface area contributed by atoms with Crippen LogP contribution in [-0.4, -0.2) is 35.4 Å². The fraction of sp³-hybridized carbons (Fsp3) is 0.385. The fourth-order valence-electron chi connectivity index (χ4n) is 2.31. The lowest BCUT2D eigenvalue weighted by Crippen LogP contribution is -2.69. The molecule has 27 heavy (non-hydrogen) atoms. The number of carboxylic acid groups (broad SMARTS) is 1. The number of methoxy groups -OCH3 is 1. The summed E-state index contributed by atoms with van der Waals surface area (Å²) in [4.78, 5) is 22.8. The predicted molar refractivity (Wildman–Crippen MR) is 74.3 cm³/mol. The van der Waals surface area contributed by atoms with Crippen molar-refractivity contribution < 1.29 is 45.8 Å². The summed E-state index contributed by atoms with van der Waals surface area (Å²) < 4.78 is 82.5. The minimum Gasteiger partial charge on any atom is -0.468 e. The first kappa shape index (κ1) is 20.7. The highest BCUT2D eigenvalue weighted by Crippen LogP contribution is 2.38. The summed E-state index contributed by atoms with van der Waals surface area (Å²) in [6.07, 6.45) is -11.9. The van der Waals surface area contributed by atoms with Crippen LogP contribution in [0.3, 0.4) is 0 Å². The van der Waals surface area contributed by atoms with Gasteiger partial charge in [-0.1, -0.05) is 0 Å². The normalized spacial score (nSPS) is 21.1. The SMILES string of the molecule is COC(=O)C1NNN(C(=O)O)NC1c1cc(C(F)(F)F)cc(C(F)(F)F)c1. The van der Waals surface area contributed by atoms with Gasteiger partial charge in [-0.3, -0.25) is 4.79 Å². The zero-order valence-corrected chi connectivity index (χ0v) is 13.3. The largest absolute Gasteiger partial charge is 0.468 e. The maximum absolute atomic E-state index is 13.0. The van der Waals surface area contributed by atoms with Crippen LogP contribution in [0.5, 0.6) is 0 Å². The molecule has 0 spiro atoms. The molecule has 0 aliphatic carbocycles. The molecule has 0 radical (unpaired) electrons. The van der Waals surface area contributed by atoms with Gasteiger partial charge in [-0.15, -0.1) is 5.53 Å². The van der Waals surface area contributed by atoms with E-state index in [9.17, 15) is 35.9 Å².